The van der Waals surface area contributed by atoms with Crippen molar-refractivity contribution < 1.29 is 33.3 Å². The first-order valence-corrected chi connectivity index (χ1v) is 16.4. The molecule has 2 aliphatic rings. The van der Waals surface area contributed by atoms with Crippen LogP contribution in [0.4, 0.5) is 0 Å². The van der Waals surface area contributed by atoms with E-state index in [1.165, 1.54) is 51.4 Å². The Bertz CT molecular complexity index is 1160. The molecule has 2 aromatic rings. The molecule has 2 aromatic carbocycles. The van der Waals surface area contributed by atoms with E-state index in [9.17, 15) is 9.59 Å². The maximum Gasteiger partial charge on any atom is 0.339 e. The van der Waals surface area contributed by atoms with E-state index >= 15 is 0 Å². The first-order chi connectivity index (χ1) is 21.2. The van der Waals surface area contributed by atoms with E-state index in [0.717, 1.165) is 22.8 Å². The number of allylic oxidation sites excluding steroid dienone is 1. The highest BCUT2D eigenvalue weighted by Gasteiger charge is 2.48. The largest absolute Gasteiger partial charge is 0.490 e. The van der Waals surface area contributed by atoms with Crippen LogP contribution in [-0.4, -0.2) is 43.0 Å². The van der Waals surface area contributed by atoms with Crippen LogP contribution in [0.3, 0.4) is 0 Å². The number of hydrogen-bond acceptors (Lipinski definition) is 7. The molecule has 2 atom stereocenters. The van der Waals surface area contributed by atoms with E-state index in [2.05, 4.69) is 19.1 Å². The van der Waals surface area contributed by atoms with Gasteiger partial charge in [0, 0.05) is 5.56 Å². The fourth-order valence-electron chi connectivity index (χ4n) is 5.88. The van der Waals surface area contributed by atoms with Crippen LogP contribution < -0.4 is 4.74 Å². The third-order valence-electron chi connectivity index (χ3n) is 8.22. The van der Waals surface area contributed by atoms with Crippen molar-refractivity contribution in [3.05, 3.63) is 66.2 Å². The predicted octanol–water partition coefficient (Wildman–Crippen LogP) is 8.36. The number of carbonyl (C=O) groups is 2. The van der Waals surface area contributed by atoms with Crippen molar-refractivity contribution in [1.29, 1.82) is 0 Å². The zero-order valence-corrected chi connectivity index (χ0v) is 27.0. The Kier molecular flexibility index (Phi) is 12.9. The molecule has 240 valence electrons. The van der Waals surface area contributed by atoms with Gasteiger partial charge in [0.25, 0.3) is 0 Å². The van der Waals surface area contributed by atoms with Gasteiger partial charge in [0.2, 0.25) is 0 Å². The minimum Gasteiger partial charge on any atom is -0.490 e. The van der Waals surface area contributed by atoms with E-state index in [0.29, 0.717) is 18.1 Å². The third-order valence-corrected chi connectivity index (χ3v) is 8.22. The fraction of sp³-hybridized carbons (Fsp3) is 0.568. The van der Waals surface area contributed by atoms with Gasteiger partial charge in [-0.05, 0) is 88.5 Å². The van der Waals surface area contributed by atoms with Crippen LogP contribution in [0, 0.1) is 11.8 Å². The van der Waals surface area contributed by atoms with Gasteiger partial charge in [0.05, 0.1) is 12.2 Å². The molecule has 1 aliphatic heterocycles. The Morgan fingerprint density at radius 2 is 1.34 bits per heavy atom. The predicted molar refractivity (Wildman–Crippen MR) is 171 cm³/mol. The summed E-state index contributed by atoms with van der Waals surface area (Å²) in [6.45, 7) is 9.80. The lowest BCUT2D eigenvalue weighted by atomic mass is 9.79. The monoisotopic (exact) mass is 606 g/mol. The molecule has 0 radical (unpaired) electrons. The summed E-state index contributed by atoms with van der Waals surface area (Å²) in [4.78, 5) is 25.3. The molecule has 0 amide bonds. The molecule has 1 saturated heterocycles. The molecule has 7 heteroatoms. The van der Waals surface area contributed by atoms with Crippen molar-refractivity contribution in [2.75, 3.05) is 6.61 Å². The zero-order chi connectivity index (χ0) is 31.5. The highest BCUT2D eigenvalue weighted by atomic mass is 16.8. The Balaban J connectivity index is 1.27. The number of rotatable bonds is 14. The SMILES string of the molecule is CCCCCC1CCC(C=CCOc2ccc(-c3ccc(C4O[C@@H](C(=O)OC(C)C)[C@H](C(=O)OC(C)C)O4)cc3)cc2)CC1. The van der Waals surface area contributed by atoms with Crippen molar-refractivity contribution in [3.8, 4) is 16.9 Å². The van der Waals surface area contributed by atoms with Gasteiger partial charge in [-0.1, -0.05) is 81.2 Å². The first kappa shape index (κ1) is 33.7. The summed E-state index contributed by atoms with van der Waals surface area (Å²) >= 11 is 0. The molecular weight excluding hydrogens is 556 g/mol. The number of benzene rings is 2. The minimum absolute atomic E-state index is 0.353. The van der Waals surface area contributed by atoms with Crippen molar-refractivity contribution in [2.45, 2.75) is 117 Å². The summed E-state index contributed by atoms with van der Waals surface area (Å²) in [6, 6.07) is 15.7. The molecule has 44 heavy (non-hydrogen) atoms. The number of carbonyl (C=O) groups excluding carboxylic acids is 2. The molecule has 0 unspecified atom stereocenters. The second kappa shape index (κ2) is 16.8. The van der Waals surface area contributed by atoms with Gasteiger partial charge >= 0.3 is 11.9 Å². The summed E-state index contributed by atoms with van der Waals surface area (Å²) in [5.41, 5.74) is 2.74. The van der Waals surface area contributed by atoms with Crippen molar-refractivity contribution in [1.82, 2.24) is 0 Å². The lowest BCUT2D eigenvalue weighted by Crippen LogP contribution is -2.40. The van der Waals surface area contributed by atoms with Crippen LogP contribution in [-0.2, 0) is 28.5 Å². The van der Waals surface area contributed by atoms with E-state index in [1.54, 1.807) is 27.7 Å². The molecule has 1 aliphatic carbocycles. The van der Waals surface area contributed by atoms with Crippen LogP contribution in [0.1, 0.15) is 97.8 Å². The molecule has 0 aromatic heterocycles. The molecule has 4 rings (SSSR count). The van der Waals surface area contributed by atoms with E-state index in [4.69, 9.17) is 23.7 Å². The first-order valence-electron chi connectivity index (χ1n) is 16.4. The quantitative estimate of drug-likeness (QED) is 0.121. The Labute approximate surface area is 263 Å². The number of hydrogen-bond donors (Lipinski definition) is 0. The van der Waals surface area contributed by atoms with Gasteiger partial charge in [0.15, 0.2) is 18.5 Å². The number of esters is 2. The number of unbranched alkanes of at least 4 members (excludes halogenated alkanes) is 2. The van der Waals surface area contributed by atoms with Crippen LogP contribution in [0.2, 0.25) is 0 Å². The normalized spacial score (nSPS) is 22.5. The van der Waals surface area contributed by atoms with Crippen molar-refractivity contribution >= 4 is 11.9 Å². The molecule has 0 bridgehead atoms. The molecule has 0 N–H and O–H groups in total. The molecule has 2 fully saturated rings. The highest BCUT2D eigenvalue weighted by Crippen LogP contribution is 2.35. The minimum atomic E-state index is -1.20. The lowest BCUT2D eigenvalue weighted by molar-refractivity contribution is -0.167. The van der Waals surface area contributed by atoms with Crippen LogP contribution >= 0.6 is 0 Å². The van der Waals surface area contributed by atoms with Gasteiger partial charge in [-0.3, -0.25) is 0 Å². The van der Waals surface area contributed by atoms with Gasteiger partial charge in [0.1, 0.15) is 12.4 Å². The summed E-state index contributed by atoms with van der Waals surface area (Å²) in [6.07, 6.45) is 11.3. The topological polar surface area (TPSA) is 80.3 Å². The average Bonchev–Trinajstić information content (AvgIpc) is 3.46. The van der Waals surface area contributed by atoms with Gasteiger partial charge in [-0.15, -0.1) is 0 Å². The second-order valence-electron chi connectivity index (χ2n) is 12.6. The van der Waals surface area contributed by atoms with Crippen molar-refractivity contribution in [3.63, 3.8) is 0 Å². The Hall–Kier alpha value is -3.16. The summed E-state index contributed by atoms with van der Waals surface area (Å²) in [5.74, 6) is 1.15. The fourth-order valence-corrected chi connectivity index (χ4v) is 5.88. The Morgan fingerprint density at radius 1 is 0.795 bits per heavy atom. The molecule has 0 spiro atoms. The van der Waals surface area contributed by atoms with Crippen LogP contribution in [0.25, 0.3) is 11.1 Å². The van der Waals surface area contributed by atoms with E-state index in [1.807, 2.05) is 48.5 Å². The third kappa shape index (κ3) is 9.93. The van der Waals surface area contributed by atoms with E-state index < -0.39 is 30.4 Å². The average molecular weight is 607 g/mol. The second-order valence-corrected chi connectivity index (χ2v) is 12.6. The smallest absolute Gasteiger partial charge is 0.339 e. The maximum absolute atomic E-state index is 12.7. The zero-order valence-electron chi connectivity index (χ0n) is 27.0. The van der Waals surface area contributed by atoms with E-state index in [-0.39, 0.29) is 12.2 Å². The summed E-state index contributed by atoms with van der Waals surface area (Å²) in [7, 11) is 0. The van der Waals surface area contributed by atoms with Gasteiger partial charge in [-0.25, -0.2) is 9.59 Å². The summed E-state index contributed by atoms with van der Waals surface area (Å²) < 4.78 is 28.3. The molecule has 1 heterocycles. The van der Waals surface area contributed by atoms with Crippen LogP contribution in [0.15, 0.2) is 60.7 Å². The van der Waals surface area contributed by atoms with Crippen molar-refractivity contribution in [2.24, 2.45) is 11.8 Å². The van der Waals surface area contributed by atoms with Gasteiger partial charge in [-0.2, -0.15) is 0 Å². The summed E-state index contributed by atoms with van der Waals surface area (Å²) in [5, 5.41) is 0. The maximum atomic E-state index is 12.7. The Morgan fingerprint density at radius 3 is 1.86 bits per heavy atom. The highest BCUT2D eigenvalue weighted by molar-refractivity contribution is 5.86. The molecular formula is C37H50O7. The van der Waals surface area contributed by atoms with Crippen LogP contribution in [0.5, 0.6) is 5.75 Å². The molecule has 7 nitrogen and oxygen atoms in total. The molecule has 1 saturated carbocycles. The standard InChI is InChI=1S/C37H50O7/c1-6-7-8-10-27-12-14-28(15-13-27)11-9-24-40-32-22-20-30(21-23-32)29-16-18-31(19-17-29)37-43-33(35(38)41-25(2)3)34(44-37)36(39)42-26(4)5/h9,11,16-23,25-28,33-34,37H,6-8,10,12-15,24H2,1-5H3/t27?,28?,33-,34-/m1/s1. The van der Waals surface area contributed by atoms with Gasteiger partial charge < -0.3 is 23.7 Å². The number of ether oxygens (including phenoxy) is 5. The lowest BCUT2D eigenvalue weighted by Gasteiger charge is -2.26.